The highest BCUT2D eigenvalue weighted by Gasteiger charge is 2.50. The summed E-state index contributed by atoms with van der Waals surface area (Å²) in [4.78, 5) is 34.6. The van der Waals surface area contributed by atoms with Crippen LogP contribution in [0.4, 0.5) is 24.5 Å². The number of likely N-dealkylation sites (N-methyl/N-ethyl adjacent to an activating group) is 2. The summed E-state index contributed by atoms with van der Waals surface area (Å²) < 4.78 is 44.9. The topological polar surface area (TPSA) is 97.5 Å². The number of benzene rings is 1. The molecule has 0 spiro atoms. The van der Waals surface area contributed by atoms with E-state index < -0.39 is 36.4 Å². The van der Waals surface area contributed by atoms with Gasteiger partial charge in [0.25, 0.3) is 0 Å². The van der Waals surface area contributed by atoms with Crippen molar-refractivity contribution in [1.82, 2.24) is 29.3 Å². The number of alkyl halides is 3. The molecule has 13 heteroatoms. The predicted octanol–water partition coefficient (Wildman–Crippen LogP) is 2.62. The molecule has 10 nitrogen and oxygen atoms in total. The Labute approximate surface area is 223 Å². The Morgan fingerprint density at radius 1 is 1.21 bits per heavy atom. The van der Waals surface area contributed by atoms with Crippen molar-refractivity contribution in [2.45, 2.75) is 51.3 Å². The molecule has 208 valence electrons. The smallest absolute Gasteiger partial charge is 0.361 e. The van der Waals surface area contributed by atoms with E-state index in [9.17, 15) is 27.9 Å². The largest absolute Gasteiger partial charge is 0.413 e. The van der Waals surface area contributed by atoms with Gasteiger partial charge in [-0.2, -0.15) is 18.3 Å². The van der Waals surface area contributed by atoms with Crippen LogP contribution in [0.5, 0.6) is 0 Å². The first-order chi connectivity index (χ1) is 18.4. The summed E-state index contributed by atoms with van der Waals surface area (Å²) in [5.74, 6) is -1.51. The number of amides is 2. The van der Waals surface area contributed by atoms with E-state index in [1.54, 1.807) is 18.3 Å². The molecule has 2 aliphatic rings. The lowest BCUT2D eigenvalue weighted by atomic mass is 10.0. The molecule has 1 saturated heterocycles. The number of halogens is 3. The van der Waals surface area contributed by atoms with E-state index >= 15 is 0 Å². The van der Waals surface area contributed by atoms with Crippen molar-refractivity contribution in [3.63, 3.8) is 0 Å². The van der Waals surface area contributed by atoms with Crippen LogP contribution in [0, 0.1) is 6.92 Å². The third kappa shape index (κ3) is 4.69. The van der Waals surface area contributed by atoms with Gasteiger partial charge in [-0.3, -0.25) is 19.4 Å². The number of carbonyl (C=O) groups excluding carboxylic acids is 2. The standard InChI is InChI=1S/C26H30F3N7O3/c1-15-12-22-30-13-20-19(36(22)31-15)6-5-11-34(20)18-9-7-17(8-10-18)23(26(27,28)29)33(4)24(38)21-14-32(3)25(39)35(21)16(2)37/h7-10,12-13,21,23,25,39H,5-6,11,14H2,1-4H3/t21?,23-,25?/m0/s1. The van der Waals surface area contributed by atoms with Gasteiger partial charge in [0.1, 0.15) is 6.04 Å². The molecule has 4 heterocycles. The number of carbonyl (C=O) groups is 2. The number of aliphatic hydroxyl groups excluding tert-OH is 1. The second-order valence-electron chi connectivity index (χ2n) is 10.1. The summed E-state index contributed by atoms with van der Waals surface area (Å²) in [5, 5.41) is 14.8. The molecule has 1 N–H and O–H groups in total. The van der Waals surface area contributed by atoms with Crippen LogP contribution in [0.2, 0.25) is 0 Å². The van der Waals surface area contributed by atoms with Gasteiger partial charge in [-0.05, 0) is 44.5 Å². The Kier molecular flexibility index (Phi) is 6.75. The van der Waals surface area contributed by atoms with Gasteiger partial charge in [-0.1, -0.05) is 12.1 Å². The highest BCUT2D eigenvalue weighted by molar-refractivity contribution is 5.88. The highest BCUT2D eigenvalue weighted by Crippen LogP contribution is 2.40. The van der Waals surface area contributed by atoms with Crippen LogP contribution < -0.4 is 4.90 Å². The molecule has 5 rings (SSSR count). The molecule has 3 aromatic rings. The maximum absolute atomic E-state index is 14.4. The number of fused-ring (bicyclic) bond motifs is 3. The maximum Gasteiger partial charge on any atom is 0.413 e. The van der Waals surface area contributed by atoms with Crippen molar-refractivity contribution < 1.29 is 27.9 Å². The number of nitrogens with zero attached hydrogens (tertiary/aromatic N) is 7. The number of hydrogen-bond acceptors (Lipinski definition) is 7. The van der Waals surface area contributed by atoms with E-state index in [-0.39, 0.29) is 12.1 Å². The van der Waals surface area contributed by atoms with Crippen molar-refractivity contribution in [2.75, 3.05) is 32.1 Å². The molecule has 2 amide bonds. The van der Waals surface area contributed by atoms with Gasteiger partial charge in [0.15, 0.2) is 18.0 Å². The van der Waals surface area contributed by atoms with E-state index in [0.717, 1.165) is 54.4 Å². The van der Waals surface area contributed by atoms with Crippen molar-refractivity contribution in [3.8, 4) is 0 Å². The van der Waals surface area contributed by atoms with Gasteiger partial charge in [0, 0.05) is 38.8 Å². The average Bonchev–Trinajstić information content (AvgIpc) is 3.41. The Hall–Kier alpha value is -3.71. The van der Waals surface area contributed by atoms with E-state index in [0.29, 0.717) is 17.1 Å². The Morgan fingerprint density at radius 3 is 2.54 bits per heavy atom. The lowest BCUT2D eigenvalue weighted by Crippen LogP contribution is -2.52. The first-order valence-corrected chi connectivity index (χ1v) is 12.6. The summed E-state index contributed by atoms with van der Waals surface area (Å²) in [6.45, 7) is 3.64. The summed E-state index contributed by atoms with van der Waals surface area (Å²) in [6, 6.07) is 4.36. The summed E-state index contributed by atoms with van der Waals surface area (Å²) in [5.41, 5.74) is 4.01. The lowest BCUT2D eigenvalue weighted by molar-refractivity contribution is -0.191. The van der Waals surface area contributed by atoms with Crippen molar-refractivity contribution in [1.29, 1.82) is 0 Å². The van der Waals surface area contributed by atoms with Gasteiger partial charge in [-0.25, -0.2) is 9.50 Å². The monoisotopic (exact) mass is 545 g/mol. The molecule has 3 atom stereocenters. The summed E-state index contributed by atoms with van der Waals surface area (Å²) >= 11 is 0. The first-order valence-electron chi connectivity index (χ1n) is 12.6. The predicted molar refractivity (Wildman–Crippen MR) is 136 cm³/mol. The normalized spacial score (nSPS) is 20.8. The third-order valence-electron chi connectivity index (χ3n) is 7.42. The zero-order chi connectivity index (χ0) is 28.2. The molecule has 0 saturated carbocycles. The first kappa shape index (κ1) is 26.9. The van der Waals surface area contributed by atoms with E-state index in [2.05, 4.69) is 10.1 Å². The van der Waals surface area contributed by atoms with Crippen LogP contribution >= 0.6 is 0 Å². The number of aliphatic hydroxyl groups is 1. The minimum absolute atomic E-state index is 0.0844. The Balaban J connectivity index is 1.44. The molecule has 39 heavy (non-hydrogen) atoms. The maximum atomic E-state index is 14.4. The number of aryl methyl sites for hydroxylation is 2. The molecular formula is C26H30F3N7O3. The van der Waals surface area contributed by atoms with Crippen LogP contribution in [0.15, 0.2) is 36.5 Å². The molecule has 2 aliphatic heterocycles. The highest BCUT2D eigenvalue weighted by atomic mass is 19.4. The van der Waals surface area contributed by atoms with Gasteiger partial charge in [0.05, 0.1) is 23.3 Å². The van der Waals surface area contributed by atoms with E-state index in [1.807, 2.05) is 22.4 Å². The molecule has 0 radical (unpaired) electrons. The molecule has 0 aliphatic carbocycles. The van der Waals surface area contributed by atoms with Crippen LogP contribution in [-0.4, -0.2) is 92.0 Å². The lowest BCUT2D eigenvalue weighted by Gasteiger charge is -2.35. The van der Waals surface area contributed by atoms with Crippen LogP contribution in [0.1, 0.15) is 36.3 Å². The SMILES string of the molecule is CC(=O)N1C(C(=O)N(C)[C@@H](c2ccc(N3CCCc4c3cnc3cc(C)nn43)cc2)C(F)(F)F)CN(C)C1O. The van der Waals surface area contributed by atoms with E-state index in [1.165, 1.54) is 24.1 Å². The van der Waals surface area contributed by atoms with Gasteiger partial charge in [0.2, 0.25) is 11.8 Å². The number of anilines is 2. The van der Waals surface area contributed by atoms with Crippen molar-refractivity contribution in [2.24, 2.45) is 0 Å². The second kappa shape index (κ2) is 9.79. The zero-order valence-corrected chi connectivity index (χ0v) is 22.1. The van der Waals surface area contributed by atoms with Crippen LogP contribution in [0.25, 0.3) is 5.65 Å². The zero-order valence-electron chi connectivity index (χ0n) is 22.1. The third-order valence-corrected chi connectivity index (χ3v) is 7.42. The van der Waals surface area contributed by atoms with Crippen LogP contribution in [-0.2, 0) is 16.0 Å². The molecule has 2 unspecified atom stereocenters. The fraction of sp³-hybridized carbons (Fsp3) is 0.462. The minimum atomic E-state index is -4.78. The van der Waals surface area contributed by atoms with Crippen molar-refractivity contribution in [3.05, 3.63) is 53.5 Å². The van der Waals surface area contributed by atoms with E-state index in [4.69, 9.17) is 0 Å². The quantitative estimate of drug-likeness (QED) is 0.539. The number of rotatable bonds is 4. The minimum Gasteiger partial charge on any atom is -0.361 e. The van der Waals surface area contributed by atoms with Crippen LogP contribution in [0.3, 0.4) is 0 Å². The van der Waals surface area contributed by atoms with Gasteiger partial charge < -0.3 is 14.9 Å². The fourth-order valence-corrected chi connectivity index (χ4v) is 5.58. The number of aromatic nitrogens is 3. The molecular weight excluding hydrogens is 515 g/mol. The fourth-order valence-electron chi connectivity index (χ4n) is 5.58. The summed E-state index contributed by atoms with van der Waals surface area (Å²) in [7, 11) is 2.56. The molecule has 0 bridgehead atoms. The van der Waals surface area contributed by atoms with Gasteiger partial charge in [-0.15, -0.1) is 0 Å². The molecule has 1 fully saturated rings. The number of hydrogen-bond donors (Lipinski definition) is 1. The van der Waals surface area contributed by atoms with Gasteiger partial charge >= 0.3 is 6.18 Å². The average molecular weight is 546 g/mol. The van der Waals surface area contributed by atoms with Crippen molar-refractivity contribution >= 4 is 28.8 Å². The summed E-state index contributed by atoms with van der Waals surface area (Å²) in [6.07, 6.45) is -2.76. The second-order valence-corrected chi connectivity index (χ2v) is 10.1. The Bertz CT molecular complexity index is 1410. The Morgan fingerprint density at radius 2 is 1.90 bits per heavy atom. The molecule has 1 aromatic carbocycles. The molecule has 2 aromatic heterocycles.